The summed E-state index contributed by atoms with van der Waals surface area (Å²) < 4.78 is 0. The minimum atomic E-state index is -0.947. The quantitative estimate of drug-likeness (QED) is 0.946. The molecule has 0 radical (unpaired) electrons. The lowest BCUT2D eigenvalue weighted by Gasteiger charge is -2.29. The monoisotopic (exact) mass is 299 g/mol. The van der Waals surface area contributed by atoms with E-state index < -0.39 is 5.97 Å². The first-order valence-electron chi connectivity index (χ1n) is 6.49. The Morgan fingerprint density at radius 1 is 1.14 bits per heavy atom. The molecule has 0 bridgehead atoms. The zero-order valence-electron chi connectivity index (χ0n) is 11.2. The second-order valence-corrected chi connectivity index (χ2v) is 5.76. The molecular weight excluding hydrogens is 286 g/mol. The lowest BCUT2D eigenvalue weighted by atomic mass is 10.1. The second-order valence-electron chi connectivity index (χ2n) is 4.74. The van der Waals surface area contributed by atoms with Gasteiger partial charge < -0.3 is 10.0 Å². The van der Waals surface area contributed by atoms with Gasteiger partial charge in [0.2, 0.25) is 5.91 Å². The van der Waals surface area contributed by atoms with Crippen molar-refractivity contribution in [1.29, 1.82) is 0 Å². The third-order valence-electron chi connectivity index (χ3n) is 3.35. The van der Waals surface area contributed by atoms with E-state index in [-0.39, 0.29) is 11.5 Å². The fourth-order valence-electron chi connectivity index (χ4n) is 2.26. The maximum absolute atomic E-state index is 12.1. The fraction of sp³-hybridized carbons (Fsp3) is 0.125. The first-order chi connectivity index (χ1) is 10.1. The van der Waals surface area contributed by atoms with Crippen LogP contribution in [0.15, 0.2) is 53.4 Å². The van der Waals surface area contributed by atoms with Crippen LogP contribution in [-0.4, -0.2) is 22.7 Å². The first kappa shape index (κ1) is 13.7. The van der Waals surface area contributed by atoms with Gasteiger partial charge in [0, 0.05) is 4.90 Å². The van der Waals surface area contributed by atoms with Crippen LogP contribution >= 0.6 is 11.8 Å². The highest BCUT2D eigenvalue weighted by Gasteiger charge is 2.24. The van der Waals surface area contributed by atoms with Gasteiger partial charge in [-0.2, -0.15) is 0 Å². The summed E-state index contributed by atoms with van der Waals surface area (Å²) in [4.78, 5) is 25.8. The topological polar surface area (TPSA) is 57.6 Å². The Morgan fingerprint density at radius 2 is 1.86 bits per heavy atom. The molecule has 0 aliphatic carbocycles. The van der Waals surface area contributed by atoms with Crippen LogP contribution in [0.5, 0.6) is 0 Å². The van der Waals surface area contributed by atoms with E-state index in [1.165, 1.54) is 0 Å². The Kier molecular flexibility index (Phi) is 3.66. The van der Waals surface area contributed by atoms with Crippen molar-refractivity contribution in [1.82, 2.24) is 0 Å². The third kappa shape index (κ3) is 2.78. The average molecular weight is 299 g/mol. The Morgan fingerprint density at radius 3 is 2.57 bits per heavy atom. The normalized spacial score (nSPS) is 13.9. The highest BCUT2D eigenvalue weighted by Crippen LogP contribution is 2.35. The van der Waals surface area contributed by atoms with Crippen molar-refractivity contribution < 1.29 is 14.7 Å². The molecule has 1 aliphatic rings. The molecule has 106 valence electrons. The summed E-state index contributed by atoms with van der Waals surface area (Å²) in [6.07, 6.45) is 0. The molecule has 0 fully saturated rings. The number of carbonyl (C=O) groups excluding carboxylic acids is 1. The molecule has 1 heterocycles. The van der Waals surface area contributed by atoms with E-state index in [1.807, 2.05) is 24.3 Å². The fourth-order valence-corrected chi connectivity index (χ4v) is 3.20. The van der Waals surface area contributed by atoms with E-state index in [0.717, 1.165) is 16.1 Å². The van der Waals surface area contributed by atoms with Gasteiger partial charge in [0.25, 0.3) is 0 Å². The van der Waals surface area contributed by atoms with Gasteiger partial charge in [0.15, 0.2) is 0 Å². The number of anilines is 1. The summed E-state index contributed by atoms with van der Waals surface area (Å²) in [5, 5.41) is 8.90. The number of rotatable bonds is 3. The number of hydrogen-bond acceptors (Lipinski definition) is 3. The summed E-state index contributed by atoms with van der Waals surface area (Å²) in [6, 6.07) is 14.4. The summed E-state index contributed by atoms with van der Waals surface area (Å²) in [7, 11) is 0. The number of carboxylic acids is 1. The van der Waals surface area contributed by atoms with Gasteiger partial charge in [-0.05, 0) is 29.8 Å². The molecule has 21 heavy (non-hydrogen) atoms. The van der Waals surface area contributed by atoms with Crippen molar-refractivity contribution in [3.63, 3.8) is 0 Å². The van der Waals surface area contributed by atoms with Gasteiger partial charge in [0.1, 0.15) is 0 Å². The number of fused-ring (bicyclic) bond motifs is 1. The molecule has 0 saturated carbocycles. The molecular formula is C16H13NO3S. The van der Waals surface area contributed by atoms with Crippen molar-refractivity contribution >= 4 is 29.3 Å². The number of amides is 1. The third-order valence-corrected chi connectivity index (χ3v) is 4.40. The van der Waals surface area contributed by atoms with Gasteiger partial charge in [-0.25, -0.2) is 4.79 Å². The van der Waals surface area contributed by atoms with Crippen LogP contribution in [0.3, 0.4) is 0 Å². The van der Waals surface area contributed by atoms with Gasteiger partial charge in [-0.1, -0.05) is 24.3 Å². The predicted octanol–water partition coefficient (Wildman–Crippen LogP) is 3.02. The summed E-state index contributed by atoms with van der Waals surface area (Å²) in [5.74, 6) is -0.442. The number of aromatic carboxylic acids is 1. The number of carboxylic acid groups (broad SMARTS) is 1. The highest BCUT2D eigenvalue weighted by atomic mass is 32.2. The van der Waals surface area contributed by atoms with Crippen LogP contribution in [0.4, 0.5) is 5.69 Å². The SMILES string of the molecule is O=C(O)c1ccc(CN2C(=O)CSc3ccccc32)cc1. The van der Waals surface area contributed by atoms with Crippen LogP contribution in [0.25, 0.3) is 0 Å². The van der Waals surface area contributed by atoms with Gasteiger partial charge in [-0.3, -0.25) is 4.79 Å². The Bertz CT molecular complexity index is 697. The molecule has 0 unspecified atom stereocenters. The second kappa shape index (κ2) is 5.61. The number of hydrogen-bond donors (Lipinski definition) is 1. The van der Waals surface area contributed by atoms with Crippen LogP contribution in [0.2, 0.25) is 0 Å². The molecule has 1 amide bonds. The lowest BCUT2D eigenvalue weighted by molar-refractivity contribution is -0.116. The van der Waals surface area contributed by atoms with Gasteiger partial charge in [0.05, 0.1) is 23.5 Å². The van der Waals surface area contributed by atoms with Crippen molar-refractivity contribution in [2.24, 2.45) is 0 Å². The number of thioether (sulfide) groups is 1. The minimum Gasteiger partial charge on any atom is -0.478 e. The molecule has 0 spiro atoms. The molecule has 3 rings (SSSR count). The maximum Gasteiger partial charge on any atom is 0.335 e. The standard InChI is InChI=1S/C16H13NO3S/c18-15-10-21-14-4-2-1-3-13(14)17(15)9-11-5-7-12(8-6-11)16(19)20/h1-8H,9-10H2,(H,19,20). The molecule has 0 aromatic heterocycles. The molecule has 2 aromatic rings. The van der Waals surface area contributed by atoms with Crippen LogP contribution in [0.1, 0.15) is 15.9 Å². The molecule has 2 aromatic carbocycles. The van der Waals surface area contributed by atoms with Gasteiger partial charge in [-0.15, -0.1) is 11.8 Å². The van der Waals surface area contributed by atoms with Crippen LogP contribution < -0.4 is 4.90 Å². The average Bonchev–Trinajstić information content (AvgIpc) is 2.51. The molecule has 1 aliphatic heterocycles. The van der Waals surface area contributed by atoms with Crippen LogP contribution in [-0.2, 0) is 11.3 Å². The Balaban J connectivity index is 1.87. The number of carbonyl (C=O) groups is 2. The molecule has 5 heteroatoms. The van der Waals surface area contributed by atoms with Gasteiger partial charge >= 0.3 is 5.97 Å². The van der Waals surface area contributed by atoms with E-state index in [4.69, 9.17) is 5.11 Å². The Hall–Kier alpha value is -2.27. The molecule has 0 saturated heterocycles. The van der Waals surface area contributed by atoms with E-state index in [2.05, 4.69) is 0 Å². The van der Waals surface area contributed by atoms with E-state index in [9.17, 15) is 9.59 Å². The smallest absolute Gasteiger partial charge is 0.335 e. The number of para-hydroxylation sites is 1. The Labute approximate surface area is 126 Å². The van der Waals surface area contributed by atoms with Crippen molar-refractivity contribution in [3.8, 4) is 0 Å². The number of benzene rings is 2. The zero-order chi connectivity index (χ0) is 14.8. The minimum absolute atomic E-state index is 0.0704. The zero-order valence-corrected chi connectivity index (χ0v) is 12.0. The predicted molar refractivity (Wildman–Crippen MR) is 81.8 cm³/mol. The number of nitrogens with zero attached hydrogens (tertiary/aromatic N) is 1. The van der Waals surface area contributed by atoms with E-state index in [1.54, 1.807) is 40.9 Å². The van der Waals surface area contributed by atoms with Crippen molar-refractivity contribution in [2.75, 3.05) is 10.7 Å². The van der Waals surface area contributed by atoms with E-state index in [0.29, 0.717) is 12.3 Å². The largest absolute Gasteiger partial charge is 0.478 e. The molecule has 1 N–H and O–H groups in total. The van der Waals surface area contributed by atoms with Crippen molar-refractivity contribution in [2.45, 2.75) is 11.4 Å². The van der Waals surface area contributed by atoms with Crippen LogP contribution in [0, 0.1) is 0 Å². The summed E-state index contributed by atoms with van der Waals surface area (Å²) in [6.45, 7) is 0.455. The lowest BCUT2D eigenvalue weighted by Crippen LogP contribution is -2.34. The molecule has 0 atom stereocenters. The summed E-state index contributed by atoms with van der Waals surface area (Å²) in [5.41, 5.74) is 2.08. The molecule has 4 nitrogen and oxygen atoms in total. The highest BCUT2D eigenvalue weighted by molar-refractivity contribution is 8.00. The maximum atomic E-state index is 12.1. The first-order valence-corrected chi connectivity index (χ1v) is 7.48. The summed E-state index contributed by atoms with van der Waals surface area (Å²) >= 11 is 1.55. The van der Waals surface area contributed by atoms with E-state index >= 15 is 0 Å². The van der Waals surface area contributed by atoms with Crippen molar-refractivity contribution in [3.05, 3.63) is 59.7 Å².